The molecule has 8 heteroatoms. The maximum absolute atomic E-state index is 13.2. The molecule has 0 atom stereocenters. The van der Waals surface area contributed by atoms with Crippen molar-refractivity contribution >= 4 is 39.1 Å². The minimum absolute atomic E-state index is 0.124. The van der Waals surface area contributed by atoms with Gasteiger partial charge in [0.2, 0.25) is 0 Å². The molecule has 0 spiro atoms. The second-order valence-corrected chi connectivity index (χ2v) is 7.26. The lowest BCUT2D eigenvalue weighted by Crippen LogP contribution is -2.11. The molecule has 0 aliphatic carbocycles. The molecule has 0 aliphatic heterocycles. The lowest BCUT2D eigenvalue weighted by atomic mass is 10.0. The summed E-state index contributed by atoms with van der Waals surface area (Å²) < 4.78 is 4.62. The number of nitrogens with zero attached hydrogens (tertiary/aromatic N) is 1. The summed E-state index contributed by atoms with van der Waals surface area (Å²) in [5, 5.41) is 15.6. The lowest BCUT2D eigenvalue weighted by Gasteiger charge is -2.12. The van der Waals surface area contributed by atoms with Crippen molar-refractivity contribution < 1.29 is 14.5 Å². The maximum atomic E-state index is 13.2. The van der Waals surface area contributed by atoms with E-state index in [1.807, 2.05) is 13.0 Å². The van der Waals surface area contributed by atoms with Crippen molar-refractivity contribution in [3.8, 4) is 0 Å². The number of fused-ring (bicyclic) bond motifs is 2. The number of para-hydroxylation sites is 1. The first-order chi connectivity index (χ1) is 14.4. The highest BCUT2D eigenvalue weighted by atomic mass is 16.6. The van der Waals surface area contributed by atoms with E-state index in [0.717, 1.165) is 31.2 Å². The van der Waals surface area contributed by atoms with E-state index in [9.17, 15) is 19.7 Å². The average Bonchev–Trinajstić information content (AvgIpc) is 2.73. The van der Waals surface area contributed by atoms with Crippen molar-refractivity contribution in [2.24, 2.45) is 0 Å². The first-order valence-corrected chi connectivity index (χ1v) is 9.97. The zero-order valence-corrected chi connectivity index (χ0v) is 17.1. The number of nitrogens with one attached hydrogen (secondary N) is 2. The Hall–Kier alpha value is -3.42. The van der Waals surface area contributed by atoms with E-state index in [2.05, 4.69) is 15.0 Å². The molecule has 0 radical (unpaired) electrons. The molecule has 1 heterocycles. The third-order valence-corrected chi connectivity index (χ3v) is 5.23. The van der Waals surface area contributed by atoms with Crippen LogP contribution in [-0.4, -0.2) is 29.5 Å². The average molecular weight is 411 g/mol. The van der Waals surface area contributed by atoms with Crippen molar-refractivity contribution in [2.45, 2.75) is 39.0 Å². The number of aromatic amines is 1. The second-order valence-electron chi connectivity index (χ2n) is 7.26. The highest BCUT2D eigenvalue weighted by Gasteiger charge is 2.19. The number of aryl methyl sites for hydroxylation is 1. The van der Waals surface area contributed by atoms with E-state index in [0.29, 0.717) is 34.9 Å². The standard InChI is InChI=1S/C22H25N3O5/c1-14-8-7-9-15-20(14)24-21-17(25(28)29)12-11-16(19(21)22(15)27)23-13-6-4-3-5-10-18(26)30-2/h7-9,11-12,23H,3-6,10,13H2,1-2H3,(H,24,27). The van der Waals surface area contributed by atoms with E-state index >= 15 is 0 Å². The minimum Gasteiger partial charge on any atom is -0.469 e. The Balaban J connectivity index is 1.84. The summed E-state index contributed by atoms with van der Waals surface area (Å²) >= 11 is 0. The number of aromatic nitrogens is 1. The molecule has 3 aromatic rings. The molecule has 0 saturated heterocycles. The van der Waals surface area contributed by atoms with Crippen LogP contribution in [0.3, 0.4) is 0 Å². The van der Waals surface area contributed by atoms with Gasteiger partial charge in [0, 0.05) is 30.1 Å². The van der Waals surface area contributed by atoms with Gasteiger partial charge in [-0.2, -0.15) is 0 Å². The molecule has 0 amide bonds. The van der Waals surface area contributed by atoms with Crippen LogP contribution in [0.15, 0.2) is 35.1 Å². The molecular formula is C22H25N3O5. The van der Waals surface area contributed by atoms with E-state index in [-0.39, 0.29) is 22.6 Å². The van der Waals surface area contributed by atoms with Crippen molar-refractivity contribution in [2.75, 3.05) is 19.0 Å². The van der Waals surface area contributed by atoms with Gasteiger partial charge >= 0.3 is 5.97 Å². The van der Waals surface area contributed by atoms with Crippen LogP contribution in [0.4, 0.5) is 11.4 Å². The Kier molecular flexibility index (Phi) is 6.66. The minimum atomic E-state index is -0.479. The Bertz CT molecular complexity index is 1150. The first kappa shape index (κ1) is 21.3. The number of hydrogen-bond acceptors (Lipinski definition) is 6. The molecule has 3 rings (SSSR count). The predicted molar refractivity (Wildman–Crippen MR) is 117 cm³/mol. The van der Waals surface area contributed by atoms with E-state index < -0.39 is 4.92 Å². The summed E-state index contributed by atoms with van der Waals surface area (Å²) in [5.41, 5.74) is 1.92. The first-order valence-electron chi connectivity index (χ1n) is 9.97. The molecule has 0 bridgehead atoms. The molecular weight excluding hydrogens is 386 g/mol. The van der Waals surface area contributed by atoms with Crippen LogP contribution in [0.1, 0.15) is 37.7 Å². The van der Waals surface area contributed by atoms with Crippen molar-refractivity contribution in [3.05, 3.63) is 56.2 Å². The fourth-order valence-electron chi connectivity index (χ4n) is 3.61. The van der Waals surface area contributed by atoms with Gasteiger partial charge < -0.3 is 15.0 Å². The maximum Gasteiger partial charge on any atom is 0.305 e. The number of unbranched alkanes of at least 4 members (excludes halogenated alkanes) is 3. The van der Waals surface area contributed by atoms with Gasteiger partial charge in [0.25, 0.3) is 5.69 Å². The van der Waals surface area contributed by atoms with Crippen LogP contribution >= 0.6 is 0 Å². The molecule has 1 aromatic heterocycles. The second kappa shape index (κ2) is 9.39. The number of H-pyrrole nitrogens is 1. The van der Waals surface area contributed by atoms with Crippen LogP contribution < -0.4 is 10.7 Å². The van der Waals surface area contributed by atoms with Crippen LogP contribution in [0, 0.1) is 17.0 Å². The number of methoxy groups -OCH3 is 1. The molecule has 2 N–H and O–H groups in total. The summed E-state index contributed by atoms with van der Waals surface area (Å²) in [7, 11) is 1.38. The number of non-ortho nitro benzene ring substituents is 1. The molecule has 0 unspecified atom stereocenters. The summed E-state index contributed by atoms with van der Waals surface area (Å²) in [4.78, 5) is 38.5. The van der Waals surface area contributed by atoms with Crippen LogP contribution in [0.25, 0.3) is 21.8 Å². The number of benzene rings is 2. The summed E-state index contributed by atoms with van der Waals surface area (Å²) in [6.07, 6.45) is 3.87. The molecule has 0 aliphatic rings. The van der Waals surface area contributed by atoms with Gasteiger partial charge in [-0.25, -0.2) is 0 Å². The Morgan fingerprint density at radius 2 is 1.90 bits per heavy atom. The van der Waals surface area contributed by atoms with Crippen LogP contribution in [0.2, 0.25) is 0 Å². The third-order valence-electron chi connectivity index (χ3n) is 5.23. The monoisotopic (exact) mass is 411 g/mol. The molecule has 0 fully saturated rings. The van der Waals surface area contributed by atoms with E-state index in [4.69, 9.17) is 0 Å². The summed E-state index contributed by atoms with van der Waals surface area (Å²) in [5.74, 6) is -0.202. The van der Waals surface area contributed by atoms with Crippen molar-refractivity contribution in [3.63, 3.8) is 0 Å². The number of nitro benzene ring substituents is 1. The van der Waals surface area contributed by atoms with Gasteiger partial charge in [-0.3, -0.25) is 19.7 Å². The quantitative estimate of drug-likeness (QED) is 0.177. The van der Waals surface area contributed by atoms with Gasteiger partial charge in [0.15, 0.2) is 5.43 Å². The fraction of sp³-hybridized carbons (Fsp3) is 0.364. The number of anilines is 1. The number of carbonyl (C=O) groups is 1. The normalized spacial score (nSPS) is 11.0. The number of hydrogen-bond donors (Lipinski definition) is 2. The number of pyridine rings is 1. The summed E-state index contributed by atoms with van der Waals surface area (Å²) in [6, 6.07) is 8.40. The molecule has 30 heavy (non-hydrogen) atoms. The number of nitro groups is 1. The topological polar surface area (TPSA) is 114 Å². The van der Waals surface area contributed by atoms with Gasteiger partial charge in [-0.05, 0) is 37.5 Å². The number of ether oxygens (including phenoxy) is 1. The van der Waals surface area contributed by atoms with Crippen LogP contribution in [-0.2, 0) is 9.53 Å². The smallest absolute Gasteiger partial charge is 0.305 e. The third kappa shape index (κ3) is 4.42. The number of esters is 1. The highest BCUT2D eigenvalue weighted by molar-refractivity contribution is 6.03. The van der Waals surface area contributed by atoms with Crippen molar-refractivity contribution in [1.82, 2.24) is 4.98 Å². The highest BCUT2D eigenvalue weighted by Crippen LogP contribution is 2.30. The Morgan fingerprint density at radius 3 is 2.63 bits per heavy atom. The molecule has 8 nitrogen and oxygen atoms in total. The van der Waals surface area contributed by atoms with Gasteiger partial charge in [-0.15, -0.1) is 0 Å². The number of carbonyl (C=O) groups excluding carboxylic acids is 1. The predicted octanol–water partition coefficient (Wildman–Crippen LogP) is 4.43. The van der Waals surface area contributed by atoms with Gasteiger partial charge in [0.1, 0.15) is 5.52 Å². The molecule has 158 valence electrons. The summed E-state index contributed by atoms with van der Waals surface area (Å²) in [6.45, 7) is 2.48. The largest absolute Gasteiger partial charge is 0.469 e. The van der Waals surface area contributed by atoms with Crippen LogP contribution in [0.5, 0.6) is 0 Å². The zero-order chi connectivity index (χ0) is 21.7. The van der Waals surface area contributed by atoms with Gasteiger partial charge in [0.05, 0.1) is 22.9 Å². The molecule has 0 saturated carbocycles. The Morgan fingerprint density at radius 1 is 1.13 bits per heavy atom. The van der Waals surface area contributed by atoms with E-state index in [1.165, 1.54) is 13.2 Å². The SMILES string of the molecule is COC(=O)CCCCCCNc1ccc([N+](=O)[O-])c2[nH]c3c(C)cccc3c(=O)c12. The lowest BCUT2D eigenvalue weighted by molar-refractivity contribution is -0.383. The zero-order valence-electron chi connectivity index (χ0n) is 17.1. The number of rotatable bonds is 9. The fourth-order valence-corrected chi connectivity index (χ4v) is 3.61. The van der Waals surface area contributed by atoms with Crippen molar-refractivity contribution in [1.29, 1.82) is 0 Å². The molecule has 2 aromatic carbocycles. The van der Waals surface area contributed by atoms with E-state index in [1.54, 1.807) is 18.2 Å². The Labute approximate surface area is 173 Å². The van der Waals surface area contributed by atoms with Gasteiger partial charge in [-0.1, -0.05) is 25.0 Å².